The van der Waals surface area contributed by atoms with E-state index in [1.165, 1.54) is 12.8 Å². The second kappa shape index (κ2) is 24.8. The number of phenolic OH excluding ortho intramolecular Hbond substituents is 2. The highest BCUT2D eigenvalue weighted by Gasteiger charge is 2.21. The number of phenols is 2. The van der Waals surface area contributed by atoms with Crippen LogP contribution in [0, 0.1) is 0 Å². The van der Waals surface area contributed by atoms with Crippen molar-refractivity contribution in [1.29, 1.82) is 0 Å². The summed E-state index contributed by atoms with van der Waals surface area (Å²) in [6, 6.07) is 13.1. The summed E-state index contributed by atoms with van der Waals surface area (Å²) < 4.78 is 21.2. The third-order valence-electron chi connectivity index (χ3n) is 6.22. The van der Waals surface area contributed by atoms with E-state index in [0.717, 1.165) is 51.2 Å². The van der Waals surface area contributed by atoms with Crippen LogP contribution in [0.15, 0.2) is 48.5 Å². The van der Waals surface area contributed by atoms with Gasteiger partial charge in [-0.3, -0.25) is 0 Å². The number of benzene rings is 2. The molecule has 0 aliphatic carbocycles. The first-order chi connectivity index (χ1) is 20.8. The summed E-state index contributed by atoms with van der Waals surface area (Å²) in [6.07, 6.45) is 5.56. The van der Waals surface area contributed by atoms with Crippen LogP contribution in [0.5, 0.6) is 11.5 Å². The highest BCUT2D eigenvalue weighted by Crippen LogP contribution is 2.19. The van der Waals surface area contributed by atoms with E-state index < -0.39 is 12.2 Å². The SMILES string of the molecule is CCCCOCC(O)CN(CC(O)COCCCC)c1ccc(O)cc1.CCCCOCC1CO1.Nc1ccc(O)cc1. The van der Waals surface area contributed by atoms with Crippen molar-refractivity contribution < 1.29 is 39.4 Å². The molecule has 0 bridgehead atoms. The number of aliphatic hydroxyl groups excluding tert-OH is 2. The molecule has 3 atom stereocenters. The van der Waals surface area contributed by atoms with Crippen LogP contribution in [-0.4, -0.2) is 98.1 Å². The molecule has 0 spiro atoms. The maximum atomic E-state index is 10.3. The van der Waals surface area contributed by atoms with Gasteiger partial charge in [-0.05, 0) is 67.8 Å². The number of hydrogen-bond acceptors (Lipinski definition) is 10. The lowest BCUT2D eigenvalue weighted by Gasteiger charge is -2.29. The molecule has 1 aliphatic rings. The van der Waals surface area contributed by atoms with Gasteiger partial charge in [0.25, 0.3) is 0 Å². The Morgan fingerprint density at radius 2 is 1.16 bits per heavy atom. The Kier molecular flexibility index (Phi) is 22.2. The first-order valence-corrected chi connectivity index (χ1v) is 15.6. The van der Waals surface area contributed by atoms with Crippen LogP contribution in [0.4, 0.5) is 11.4 Å². The van der Waals surface area contributed by atoms with Gasteiger partial charge in [0, 0.05) is 44.3 Å². The molecule has 0 amide bonds. The average molecular weight is 609 g/mol. The van der Waals surface area contributed by atoms with Crippen molar-refractivity contribution >= 4 is 11.4 Å². The molecule has 0 radical (unpaired) electrons. The largest absolute Gasteiger partial charge is 0.508 e. The zero-order chi connectivity index (χ0) is 31.7. The van der Waals surface area contributed by atoms with Crippen molar-refractivity contribution in [2.75, 3.05) is 70.0 Å². The third kappa shape index (κ3) is 21.7. The van der Waals surface area contributed by atoms with Gasteiger partial charge < -0.3 is 50.0 Å². The fourth-order valence-corrected chi connectivity index (χ4v) is 3.59. The molecule has 10 nitrogen and oxygen atoms in total. The Balaban J connectivity index is 0.000000435. The van der Waals surface area contributed by atoms with Gasteiger partial charge in [-0.2, -0.15) is 0 Å². The van der Waals surface area contributed by atoms with E-state index in [0.29, 0.717) is 38.1 Å². The van der Waals surface area contributed by atoms with Gasteiger partial charge in [-0.25, -0.2) is 0 Å². The van der Waals surface area contributed by atoms with Crippen molar-refractivity contribution in [3.8, 4) is 11.5 Å². The second-order valence-electron chi connectivity index (χ2n) is 10.6. The molecule has 1 saturated heterocycles. The monoisotopic (exact) mass is 608 g/mol. The van der Waals surface area contributed by atoms with Crippen molar-refractivity contribution in [2.24, 2.45) is 0 Å². The number of rotatable bonds is 20. The Bertz CT molecular complexity index is 856. The molecule has 1 aliphatic heterocycles. The lowest BCUT2D eigenvalue weighted by atomic mass is 10.2. The zero-order valence-corrected chi connectivity index (χ0v) is 26.4. The average Bonchev–Trinajstić information content (AvgIpc) is 3.83. The molecule has 6 N–H and O–H groups in total. The molecule has 43 heavy (non-hydrogen) atoms. The number of nitrogens with two attached hydrogens (primary N) is 1. The summed E-state index contributed by atoms with van der Waals surface area (Å²) in [5, 5.41) is 38.7. The standard InChI is InChI=1S/C20H35NO5.C7H14O2.C6H7NO/c1-3-5-11-25-15-19(23)13-21(17-7-9-18(22)10-8-17)14-20(24)16-26-12-6-4-2;1-2-3-4-8-5-7-6-9-7;7-5-1-3-6(8)4-2-5/h7-10,19-20,22-24H,3-6,11-16H2,1-2H3;7H,2-6H2,1H3;1-4,8H,7H2. The molecule has 0 saturated carbocycles. The summed E-state index contributed by atoms with van der Waals surface area (Å²) in [5.74, 6) is 0.430. The summed E-state index contributed by atoms with van der Waals surface area (Å²) in [5.41, 5.74) is 6.81. The molecule has 10 heteroatoms. The fourth-order valence-electron chi connectivity index (χ4n) is 3.59. The number of anilines is 2. The van der Waals surface area contributed by atoms with Crippen LogP contribution in [0.25, 0.3) is 0 Å². The van der Waals surface area contributed by atoms with Crippen molar-refractivity contribution in [3.05, 3.63) is 48.5 Å². The second-order valence-corrected chi connectivity index (χ2v) is 10.6. The van der Waals surface area contributed by atoms with Gasteiger partial charge in [0.05, 0.1) is 38.6 Å². The Labute approximate surface area is 258 Å². The number of ether oxygens (including phenoxy) is 4. The van der Waals surface area contributed by atoms with Crippen molar-refractivity contribution in [2.45, 2.75) is 77.6 Å². The van der Waals surface area contributed by atoms with Gasteiger partial charge in [-0.15, -0.1) is 0 Å². The lowest BCUT2D eigenvalue weighted by Crippen LogP contribution is -2.41. The van der Waals surface area contributed by atoms with E-state index in [1.54, 1.807) is 48.5 Å². The number of nitrogens with zero attached hydrogens (tertiary/aromatic N) is 1. The molecule has 1 fully saturated rings. The van der Waals surface area contributed by atoms with E-state index in [-0.39, 0.29) is 24.7 Å². The number of aromatic hydroxyl groups is 2. The first-order valence-electron chi connectivity index (χ1n) is 15.6. The molecule has 246 valence electrons. The summed E-state index contributed by atoms with van der Waals surface area (Å²) in [4.78, 5) is 1.89. The van der Waals surface area contributed by atoms with Gasteiger partial charge >= 0.3 is 0 Å². The quantitative estimate of drug-likeness (QED) is 0.0618. The third-order valence-corrected chi connectivity index (χ3v) is 6.22. The number of aliphatic hydroxyl groups is 2. The summed E-state index contributed by atoms with van der Waals surface area (Å²) in [7, 11) is 0. The van der Waals surface area contributed by atoms with Gasteiger partial charge in [0.15, 0.2) is 0 Å². The topological polar surface area (TPSA) is 150 Å². The molecule has 0 aromatic heterocycles. The van der Waals surface area contributed by atoms with Crippen LogP contribution in [0.2, 0.25) is 0 Å². The highest BCUT2D eigenvalue weighted by atomic mass is 16.6. The van der Waals surface area contributed by atoms with Gasteiger partial charge in [0.1, 0.15) is 17.6 Å². The minimum atomic E-state index is -0.658. The number of hydrogen-bond donors (Lipinski definition) is 5. The smallest absolute Gasteiger partial charge is 0.115 e. The van der Waals surface area contributed by atoms with E-state index in [2.05, 4.69) is 20.8 Å². The van der Waals surface area contributed by atoms with Crippen molar-refractivity contribution in [1.82, 2.24) is 0 Å². The van der Waals surface area contributed by atoms with E-state index in [9.17, 15) is 15.3 Å². The van der Waals surface area contributed by atoms with Crippen LogP contribution < -0.4 is 10.6 Å². The molecule has 2 aromatic carbocycles. The number of epoxide rings is 1. The Hall–Kier alpha value is -2.60. The predicted molar refractivity (Wildman–Crippen MR) is 172 cm³/mol. The number of nitrogen functional groups attached to an aromatic ring is 1. The molecular weight excluding hydrogens is 552 g/mol. The lowest BCUT2D eigenvalue weighted by molar-refractivity contribution is 0.0288. The van der Waals surface area contributed by atoms with E-state index in [1.807, 2.05) is 4.90 Å². The minimum absolute atomic E-state index is 0.181. The highest BCUT2D eigenvalue weighted by molar-refractivity contribution is 5.49. The molecular formula is C33H56N2O8. The number of unbranched alkanes of at least 4 members (excludes halogenated alkanes) is 3. The molecule has 1 heterocycles. The molecule has 2 aromatic rings. The maximum Gasteiger partial charge on any atom is 0.115 e. The van der Waals surface area contributed by atoms with E-state index in [4.69, 9.17) is 29.8 Å². The summed E-state index contributed by atoms with van der Waals surface area (Å²) >= 11 is 0. The van der Waals surface area contributed by atoms with Gasteiger partial charge in [0.2, 0.25) is 0 Å². The zero-order valence-electron chi connectivity index (χ0n) is 26.4. The Morgan fingerprint density at radius 1 is 0.744 bits per heavy atom. The van der Waals surface area contributed by atoms with E-state index >= 15 is 0 Å². The molecule has 3 rings (SSSR count). The van der Waals surface area contributed by atoms with Crippen molar-refractivity contribution in [3.63, 3.8) is 0 Å². The minimum Gasteiger partial charge on any atom is -0.508 e. The van der Waals surface area contributed by atoms with Crippen LogP contribution in [0.1, 0.15) is 59.3 Å². The normalized spacial score (nSPS) is 15.0. The predicted octanol–water partition coefficient (Wildman–Crippen LogP) is 4.73. The van der Waals surface area contributed by atoms with Crippen LogP contribution in [0.3, 0.4) is 0 Å². The fraction of sp³-hybridized carbons (Fsp3) is 0.636. The summed E-state index contributed by atoms with van der Waals surface area (Å²) in [6.45, 7) is 11.4. The van der Waals surface area contributed by atoms with Crippen LogP contribution >= 0.6 is 0 Å². The van der Waals surface area contributed by atoms with Gasteiger partial charge in [-0.1, -0.05) is 40.0 Å². The Morgan fingerprint density at radius 3 is 1.56 bits per heavy atom. The first kappa shape index (κ1) is 38.4. The maximum absolute atomic E-state index is 10.3. The van der Waals surface area contributed by atoms with Crippen LogP contribution in [-0.2, 0) is 18.9 Å². The molecule has 3 unspecified atom stereocenters.